The van der Waals surface area contributed by atoms with Crippen molar-refractivity contribution in [2.75, 3.05) is 18.5 Å². The summed E-state index contributed by atoms with van der Waals surface area (Å²) >= 11 is 0. The minimum atomic E-state index is -0.475. The number of benzene rings is 1. The first-order valence-corrected chi connectivity index (χ1v) is 8.86. The number of likely N-dealkylation sites (N-methyl/N-ethyl adjacent to an activating group) is 1. The molecule has 0 unspecified atom stereocenters. The number of hydrogen-bond donors (Lipinski definition) is 0. The van der Waals surface area contributed by atoms with Gasteiger partial charge in [0.25, 0.3) is 0 Å². The highest BCUT2D eigenvalue weighted by atomic mass is 16.2. The van der Waals surface area contributed by atoms with E-state index in [0.717, 1.165) is 46.0 Å². The smallest absolute Gasteiger partial charge is 0.236 e. The molecule has 0 radical (unpaired) electrons. The highest BCUT2D eigenvalue weighted by molar-refractivity contribution is 6.15. The minimum Gasteiger partial charge on any atom is -0.314 e. The summed E-state index contributed by atoms with van der Waals surface area (Å²) in [5.41, 5.74) is 5.53. The number of anilines is 1. The Labute approximate surface area is 153 Å². The van der Waals surface area contributed by atoms with Crippen LogP contribution >= 0.6 is 0 Å². The molecule has 2 aliphatic heterocycles. The van der Waals surface area contributed by atoms with Gasteiger partial charge in [0, 0.05) is 43.2 Å². The molecule has 4 rings (SSSR count). The lowest BCUT2D eigenvalue weighted by Gasteiger charge is -2.16. The molecule has 1 aromatic carbocycles. The van der Waals surface area contributed by atoms with E-state index in [2.05, 4.69) is 28.2 Å². The van der Waals surface area contributed by atoms with Gasteiger partial charge in [0.1, 0.15) is 0 Å². The Morgan fingerprint density at radius 3 is 2.62 bits per heavy atom. The average Bonchev–Trinajstić information content (AvgIpc) is 2.83. The summed E-state index contributed by atoms with van der Waals surface area (Å²) in [4.78, 5) is 27.9. The number of aliphatic imine (C=N–C) groups is 2. The van der Waals surface area contributed by atoms with Crippen molar-refractivity contribution in [3.8, 4) is 0 Å². The molecule has 3 heterocycles. The molecule has 0 N–H and O–H groups in total. The molecule has 0 spiro atoms. The van der Waals surface area contributed by atoms with E-state index in [4.69, 9.17) is 4.99 Å². The van der Waals surface area contributed by atoms with Crippen molar-refractivity contribution in [2.45, 2.75) is 32.6 Å². The number of rotatable bonds is 2. The van der Waals surface area contributed by atoms with Crippen molar-refractivity contribution in [1.82, 2.24) is 4.98 Å². The van der Waals surface area contributed by atoms with Crippen LogP contribution in [0.15, 0.2) is 46.5 Å². The van der Waals surface area contributed by atoms with Gasteiger partial charge in [0.2, 0.25) is 5.91 Å². The van der Waals surface area contributed by atoms with Crippen LogP contribution in [0.1, 0.15) is 42.7 Å². The third-order valence-electron chi connectivity index (χ3n) is 5.23. The van der Waals surface area contributed by atoms with Gasteiger partial charge in [-0.2, -0.15) is 0 Å². The number of fused-ring (bicyclic) bond motifs is 1. The van der Waals surface area contributed by atoms with Crippen LogP contribution < -0.4 is 4.90 Å². The van der Waals surface area contributed by atoms with Crippen LogP contribution in [0.4, 0.5) is 5.69 Å². The molecule has 5 nitrogen and oxygen atoms in total. The SMILES string of the molecule is Cc1ccc(C2=NCCC(c3ccc4c(c3)N(C)C(=O)C4(C)C)=N2)cn1. The second-order valence-corrected chi connectivity index (χ2v) is 7.42. The number of pyridine rings is 1. The van der Waals surface area contributed by atoms with E-state index in [1.807, 2.05) is 46.1 Å². The molecule has 0 saturated carbocycles. The molecule has 5 heteroatoms. The molecular formula is C21H22N4O. The van der Waals surface area contributed by atoms with Gasteiger partial charge in [-0.25, -0.2) is 4.99 Å². The third-order valence-corrected chi connectivity index (χ3v) is 5.23. The lowest BCUT2D eigenvalue weighted by atomic mass is 9.85. The van der Waals surface area contributed by atoms with Gasteiger partial charge in [0.15, 0.2) is 5.84 Å². The van der Waals surface area contributed by atoms with Crippen LogP contribution in [0.2, 0.25) is 0 Å². The van der Waals surface area contributed by atoms with Crippen molar-refractivity contribution in [3.05, 3.63) is 58.9 Å². The predicted molar refractivity (Wildman–Crippen MR) is 104 cm³/mol. The molecule has 1 amide bonds. The maximum absolute atomic E-state index is 12.5. The third kappa shape index (κ3) is 2.55. The summed E-state index contributed by atoms with van der Waals surface area (Å²) in [6, 6.07) is 10.2. The molecular weight excluding hydrogens is 324 g/mol. The zero-order valence-corrected chi connectivity index (χ0v) is 15.6. The molecule has 2 aliphatic rings. The molecule has 0 saturated heterocycles. The molecule has 0 aliphatic carbocycles. The fraction of sp³-hybridized carbons (Fsp3) is 0.333. The van der Waals surface area contributed by atoms with Crippen LogP contribution in [0, 0.1) is 6.92 Å². The Bertz CT molecular complexity index is 954. The summed E-state index contributed by atoms with van der Waals surface area (Å²) in [7, 11) is 1.84. The number of carbonyl (C=O) groups excluding carboxylic acids is 1. The van der Waals surface area contributed by atoms with Crippen molar-refractivity contribution in [2.24, 2.45) is 9.98 Å². The monoisotopic (exact) mass is 346 g/mol. The number of aromatic nitrogens is 1. The van der Waals surface area contributed by atoms with Crippen LogP contribution in [0.5, 0.6) is 0 Å². The summed E-state index contributed by atoms with van der Waals surface area (Å²) in [6.45, 7) is 6.62. The zero-order chi connectivity index (χ0) is 18.5. The lowest BCUT2D eigenvalue weighted by Crippen LogP contribution is -2.33. The number of hydrogen-bond acceptors (Lipinski definition) is 4. The number of amidine groups is 1. The van der Waals surface area contributed by atoms with Crippen molar-refractivity contribution in [1.29, 1.82) is 0 Å². The zero-order valence-electron chi connectivity index (χ0n) is 15.6. The molecule has 132 valence electrons. The van der Waals surface area contributed by atoms with Crippen molar-refractivity contribution < 1.29 is 4.79 Å². The highest BCUT2D eigenvalue weighted by Gasteiger charge is 2.42. The lowest BCUT2D eigenvalue weighted by molar-refractivity contribution is -0.121. The Hall–Kier alpha value is -2.82. The van der Waals surface area contributed by atoms with Gasteiger partial charge in [0.05, 0.1) is 11.1 Å². The van der Waals surface area contributed by atoms with E-state index in [1.165, 1.54) is 0 Å². The molecule has 1 aromatic heterocycles. The average molecular weight is 346 g/mol. The van der Waals surface area contributed by atoms with E-state index in [9.17, 15) is 4.79 Å². The van der Waals surface area contributed by atoms with Crippen LogP contribution in [-0.4, -0.2) is 36.0 Å². The fourth-order valence-corrected chi connectivity index (χ4v) is 3.61. The van der Waals surface area contributed by atoms with E-state index in [0.29, 0.717) is 6.54 Å². The topological polar surface area (TPSA) is 57.9 Å². The summed E-state index contributed by atoms with van der Waals surface area (Å²) in [6.07, 6.45) is 2.61. The molecule has 26 heavy (non-hydrogen) atoms. The van der Waals surface area contributed by atoms with Gasteiger partial charge in [-0.15, -0.1) is 0 Å². The van der Waals surface area contributed by atoms with Gasteiger partial charge >= 0.3 is 0 Å². The number of nitrogens with zero attached hydrogens (tertiary/aromatic N) is 4. The van der Waals surface area contributed by atoms with E-state index in [-0.39, 0.29) is 5.91 Å². The first kappa shape index (κ1) is 16.6. The Balaban J connectivity index is 1.72. The predicted octanol–water partition coefficient (Wildman–Crippen LogP) is 3.28. The maximum atomic E-state index is 12.5. The standard InChI is InChI=1S/C21H22N4O/c1-13-5-6-15(12-23-13)19-22-10-9-17(24-19)14-7-8-16-18(11-14)25(4)20(26)21(16,2)3/h5-8,11-12H,9-10H2,1-4H3. The van der Waals surface area contributed by atoms with Gasteiger partial charge in [-0.1, -0.05) is 12.1 Å². The molecule has 2 aromatic rings. The normalized spacial score (nSPS) is 18.5. The highest BCUT2D eigenvalue weighted by Crippen LogP contribution is 2.41. The van der Waals surface area contributed by atoms with E-state index < -0.39 is 5.41 Å². The van der Waals surface area contributed by atoms with Crippen molar-refractivity contribution in [3.63, 3.8) is 0 Å². The van der Waals surface area contributed by atoms with Crippen LogP contribution in [0.25, 0.3) is 0 Å². The Morgan fingerprint density at radius 2 is 1.88 bits per heavy atom. The van der Waals surface area contributed by atoms with Crippen molar-refractivity contribution >= 4 is 23.1 Å². The minimum absolute atomic E-state index is 0.128. The number of carbonyl (C=O) groups is 1. The van der Waals surface area contributed by atoms with Gasteiger partial charge in [-0.05, 0) is 50.1 Å². The van der Waals surface area contributed by atoms with E-state index >= 15 is 0 Å². The second kappa shape index (κ2) is 5.87. The molecule has 0 atom stereocenters. The number of aryl methyl sites for hydroxylation is 1. The van der Waals surface area contributed by atoms with Gasteiger partial charge < -0.3 is 4.90 Å². The second-order valence-electron chi connectivity index (χ2n) is 7.42. The quantitative estimate of drug-likeness (QED) is 0.838. The van der Waals surface area contributed by atoms with Gasteiger partial charge in [-0.3, -0.25) is 14.8 Å². The van der Waals surface area contributed by atoms with E-state index in [1.54, 1.807) is 4.90 Å². The number of amides is 1. The molecule has 0 bridgehead atoms. The van der Waals surface area contributed by atoms with Crippen LogP contribution in [0.3, 0.4) is 0 Å². The first-order chi connectivity index (χ1) is 12.4. The summed E-state index contributed by atoms with van der Waals surface area (Å²) in [5, 5.41) is 0. The summed E-state index contributed by atoms with van der Waals surface area (Å²) < 4.78 is 0. The maximum Gasteiger partial charge on any atom is 0.236 e. The molecule has 0 fully saturated rings. The Morgan fingerprint density at radius 1 is 1.12 bits per heavy atom. The fourth-order valence-electron chi connectivity index (χ4n) is 3.61. The first-order valence-electron chi connectivity index (χ1n) is 8.86. The largest absolute Gasteiger partial charge is 0.314 e. The summed E-state index contributed by atoms with van der Waals surface area (Å²) in [5.74, 6) is 0.854. The van der Waals surface area contributed by atoms with Crippen LogP contribution in [-0.2, 0) is 10.2 Å². The Kier molecular flexibility index (Phi) is 3.75.